The number of nitrogens with zero attached hydrogens (tertiary/aromatic N) is 1. The number of hydrogen-bond donors (Lipinski definition) is 1. The third-order valence-corrected chi connectivity index (χ3v) is 3.42. The molecular formula is C15H22N2O3. The molecule has 1 amide bonds. The molecule has 1 aliphatic rings. The number of benzene rings is 1. The Kier molecular flexibility index (Phi) is 4.84. The van der Waals surface area contributed by atoms with Crippen LogP contribution in [0.15, 0.2) is 18.2 Å². The van der Waals surface area contributed by atoms with E-state index in [1.807, 2.05) is 24.0 Å². The van der Waals surface area contributed by atoms with Crippen LogP contribution in [0.1, 0.15) is 25.3 Å². The van der Waals surface area contributed by atoms with Gasteiger partial charge in [0.15, 0.2) is 6.61 Å². The molecule has 0 aliphatic heterocycles. The number of hydrogen-bond acceptors (Lipinski definition) is 4. The lowest BCUT2D eigenvalue weighted by Gasteiger charge is -2.20. The maximum absolute atomic E-state index is 12.1. The molecule has 5 nitrogen and oxygen atoms in total. The predicted molar refractivity (Wildman–Crippen MR) is 76.8 cm³/mol. The lowest BCUT2D eigenvalue weighted by atomic mass is 10.2. The van der Waals surface area contributed by atoms with Crippen LogP contribution in [0, 0.1) is 0 Å². The van der Waals surface area contributed by atoms with Crippen LogP contribution in [0.3, 0.4) is 0 Å². The van der Waals surface area contributed by atoms with Gasteiger partial charge in [0.1, 0.15) is 11.5 Å². The molecule has 0 heterocycles. The van der Waals surface area contributed by atoms with Gasteiger partial charge >= 0.3 is 0 Å². The molecule has 0 saturated heterocycles. The Labute approximate surface area is 119 Å². The van der Waals surface area contributed by atoms with Gasteiger partial charge in [-0.05, 0) is 37.5 Å². The summed E-state index contributed by atoms with van der Waals surface area (Å²) in [4.78, 5) is 14.0. The first-order valence-corrected chi connectivity index (χ1v) is 6.98. The molecular weight excluding hydrogens is 256 g/mol. The maximum Gasteiger partial charge on any atom is 0.260 e. The Morgan fingerprint density at radius 2 is 2.05 bits per heavy atom. The molecule has 1 aliphatic carbocycles. The summed E-state index contributed by atoms with van der Waals surface area (Å²) in [5.41, 5.74) is 6.55. The molecule has 2 N–H and O–H groups in total. The Morgan fingerprint density at radius 3 is 2.60 bits per heavy atom. The van der Waals surface area contributed by atoms with Gasteiger partial charge in [0.05, 0.1) is 7.11 Å². The van der Waals surface area contributed by atoms with Crippen LogP contribution in [0.4, 0.5) is 0 Å². The second-order valence-corrected chi connectivity index (χ2v) is 4.92. The highest BCUT2D eigenvalue weighted by molar-refractivity contribution is 5.78. The fraction of sp³-hybridized carbons (Fsp3) is 0.533. The molecule has 0 spiro atoms. The first-order chi connectivity index (χ1) is 9.67. The Morgan fingerprint density at radius 1 is 1.35 bits per heavy atom. The molecule has 110 valence electrons. The molecule has 1 saturated carbocycles. The van der Waals surface area contributed by atoms with Gasteiger partial charge in [-0.1, -0.05) is 0 Å². The third-order valence-electron chi connectivity index (χ3n) is 3.42. The second kappa shape index (κ2) is 6.61. The number of likely N-dealkylation sites (N-methyl/N-ethyl adjacent to an activating group) is 1. The quantitative estimate of drug-likeness (QED) is 0.821. The van der Waals surface area contributed by atoms with Gasteiger partial charge in [-0.3, -0.25) is 4.79 Å². The van der Waals surface area contributed by atoms with Crippen molar-refractivity contribution in [3.63, 3.8) is 0 Å². The van der Waals surface area contributed by atoms with Crippen LogP contribution in [-0.4, -0.2) is 37.1 Å². The standard InChI is InChI=1S/C15H22N2O3/c1-3-17(12-4-5-12)15(18)10-20-14-7-11(9-16)6-13(8-14)19-2/h6-8,12H,3-5,9-10,16H2,1-2H3. The zero-order chi connectivity index (χ0) is 14.5. The lowest BCUT2D eigenvalue weighted by Crippen LogP contribution is -2.36. The highest BCUT2D eigenvalue weighted by Crippen LogP contribution is 2.27. The summed E-state index contributed by atoms with van der Waals surface area (Å²) in [6.07, 6.45) is 2.21. The van der Waals surface area contributed by atoms with Crippen molar-refractivity contribution in [2.24, 2.45) is 5.73 Å². The summed E-state index contributed by atoms with van der Waals surface area (Å²) in [7, 11) is 1.59. The lowest BCUT2D eigenvalue weighted by molar-refractivity contribution is -0.133. The highest BCUT2D eigenvalue weighted by atomic mass is 16.5. The topological polar surface area (TPSA) is 64.8 Å². The van der Waals surface area contributed by atoms with Gasteiger partial charge in [-0.25, -0.2) is 0 Å². The summed E-state index contributed by atoms with van der Waals surface area (Å²) >= 11 is 0. The van der Waals surface area contributed by atoms with Crippen LogP contribution in [0.25, 0.3) is 0 Å². The Balaban J connectivity index is 1.97. The molecule has 20 heavy (non-hydrogen) atoms. The van der Waals surface area contributed by atoms with Gasteiger partial charge in [0.25, 0.3) is 5.91 Å². The SMILES string of the molecule is CCN(C(=O)COc1cc(CN)cc(OC)c1)C1CC1. The van der Waals surface area contributed by atoms with E-state index in [9.17, 15) is 4.79 Å². The van der Waals surface area contributed by atoms with E-state index >= 15 is 0 Å². The first kappa shape index (κ1) is 14.7. The molecule has 1 fully saturated rings. The fourth-order valence-corrected chi connectivity index (χ4v) is 2.20. The predicted octanol–water partition coefficient (Wildman–Crippen LogP) is 1.54. The van der Waals surface area contributed by atoms with E-state index in [4.69, 9.17) is 15.2 Å². The highest BCUT2D eigenvalue weighted by Gasteiger charge is 2.31. The number of carbonyl (C=O) groups excluding carboxylic acids is 1. The third kappa shape index (κ3) is 3.63. The van der Waals surface area contributed by atoms with E-state index in [0.717, 1.165) is 24.9 Å². The number of amides is 1. The van der Waals surface area contributed by atoms with Crippen molar-refractivity contribution in [2.45, 2.75) is 32.4 Å². The van der Waals surface area contributed by atoms with E-state index < -0.39 is 0 Å². The van der Waals surface area contributed by atoms with Crippen LogP contribution in [-0.2, 0) is 11.3 Å². The minimum atomic E-state index is 0.0344. The average molecular weight is 278 g/mol. The van der Waals surface area contributed by atoms with Crippen LogP contribution in [0.2, 0.25) is 0 Å². The molecule has 1 aromatic carbocycles. The van der Waals surface area contributed by atoms with Crippen molar-refractivity contribution in [3.05, 3.63) is 23.8 Å². The summed E-state index contributed by atoms with van der Waals surface area (Å²) in [5, 5.41) is 0. The number of carbonyl (C=O) groups is 1. The number of rotatable bonds is 7. The summed E-state index contributed by atoms with van der Waals surface area (Å²) in [6, 6.07) is 5.88. The van der Waals surface area contributed by atoms with Crippen molar-refractivity contribution in [3.8, 4) is 11.5 Å². The van der Waals surface area contributed by atoms with Crippen molar-refractivity contribution in [1.29, 1.82) is 0 Å². The monoisotopic (exact) mass is 278 g/mol. The van der Waals surface area contributed by atoms with E-state index in [-0.39, 0.29) is 12.5 Å². The maximum atomic E-state index is 12.1. The Hall–Kier alpha value is -1.75. The normalized spacial score (nSPS) is 13.9. The fourth-order valence-electron chi connectivity index (χ4n) is 2.20. The molecule has 2 rings (SSSR count). The molecule has 0 aromatic heterocycles. The number of methoxy groups -OCH3 is 1. The molecule has 0 bridgehead atoms. The number of nitrogens with two attached hydrogens (primary N) is 1. The molecule has 5 heteroatoms. The van der Waals surface area contributed by atoms with Crippen molar-refractivity contribution in [1.82, 2.24) is 4.90 Å². The zero-order valence-corrected chi connectivity index (χ0v) is 12.1. The van der Waals surface area contributed by atoms with Crippen LogP contribution in [0.5, 0.6) is 11.5 Å². The minimum Gasteiger partial charge on any atom is -0.497 e. The number of ether oxygens (including phenoxy) is 2. The van der Waals surface area contributed by atoms with E-state index in [1.165, 1.54) is 0 Å². The zero-order valence-electron chi connectivity index (χ0n) is 12.1. The van der Waals surface area contributed by atoms with E-state index in [0.29, 0.717) is 24.1 Å². The largest absolute Gasteiger partial charge is 0.497 e. The van der Waals surface area contributed by atoms with E-state index in [2.05, 4.69) is 0 Å². The summed E-state index contributed by atoms with van der Waals surface area (Å²) in [6.45, 7) is 3.19. The molecule has 0 atom stereocenters. The van der Waals surface area contributed by atoms with Crippen LogP contribution < -0.4 is 15.2 Å². The van der Waals surface area contributed by atoms with Gasteiger partial charge < -0.3 is 20.1 Å². The van der Waals surface area contributed by atoms with Crippen molar-refractivity contribution < 1.29 is 14.3 Å². The van der Waals surface area contributed by atoms with Gasteiger partial charge in [-0.15, -0.1) is 0 Å². The molecule has 0 radical (unpaired) electrons. The Bertz CT molecular complexity index is 450. The van der Waals surface area contributed by atoms with Crippen molar-refractivity contribution >= 4 is 5.91 Å². The van der Waals surface area contributed by atoms with Gasteiger partial charge in [0, 0.05) is 25.2 Å². The average Bonchev–Trinajstić information content (AvgIpc) is 3.30. The smallest absolute Gasteiger partial charge is 0.260 e. The van der Waals surface area contributed by atoms with Gasteiger partial charge in [-0.2, -0.15) is 0 Å². The van der Waals surface area contributed by atoms with Crippen LogP contribution >= 0.6 is 0 Å². The van der Waals surface area contributed by atoms with Crippen molar-refractivity contribution in [2.75, 3.05) is 20.3 Å². The summed E-state index contributed by atoms with van der Waals surface area (Å²) in [5.74, 6) is 1.34. The second-order valence-electron chi connectivity index (χ2n) is 4.92. The molecule has 0 unspecified atom stereocenters. The minimum absolute atomic E-state index is 0.0344. The van der Waals surface area contributed by atoms with E-state index in [1.54, 1.807) is 13.2 Å². The summed E-state index contributed by atoms with van der Waals surface area (Å²) < 4.78 is 10.8. The molecule has 1 aromatic rings. The first-order valence-electron chi connectivity index (χ1n) is 6.98. The van der Waals surface area contributed by atoms with Gasteiger partial charge in [0.2, 0.25) is 0 Å².